The van der Waals surface area contributed by atoms with Gasteiger partial charge in [0.1, 0.15) is 12.4 Å². The standard InChI is InChI=1S/C37H29N3O6S2/c1-22-11-13-24(14-12-22)21-47-37-39-38-36(48-37)40-31(25-15-17-27(18-16-25)45-20-23-7-4-3-5-8-23)30(33(42)35(40)43)32(41)29-19-26-9-6-10-28(44-2)34(26)46-29/h3-19,31,42H,20-21H2,1-2H3. The highest BCUT2D eigenvalue weighted by atomic mass is 32.2. The molecule has 9 nitrogen and oxygen atoms in total. The molecule has 1 aliphatic heterocycles. The summed E-state index contributed by atoms with van der Waals surface area (Å²) in [7, 11) is 1.51. The SMILES string of the molecule is COc1cccc2cc(C(=O)C3=C(O)C(=O)N(c4nnc(SCc5ccc(C)cc5)s4)C3c3ccc(OCc4ccccc4)cc3)oc12. The number of hydrogen-bond acceptors (Lipinski definition) is 10. The van der Waals surface area contributed by atoms with Crippen molar-refractivity contribution in [3.05, 3.63) is 142 Å². The van der Waals surface area contributed by atoms with E-state index >= 15 is 0 Å². The van der Waals surface area contributed by atoms with E-state index in [4.69, 9.17) is 13.9 Å². The van der Waals surface area contributed by atoms with Crippen LogP contribution in [0.25, 0.3) is 11.0 Å². The van der Waals surface area contributed by atoms with Gasteiger partial charge in [0.15, 0.2) is 27.2 Å². The summed E-state index contributed by atoms with van der Waals surface area (Å²) in [6.07, 6.45) is 0. The maximum absolute atomic E-state index is 14.2. The Morgan fingerprint density at radius 2 is 1.73 bits per heavy atom. The van der Waals surface area contributed by atoms with Gasteiger partial charge in [-0.1, -0.05) is 108 Å². The van der Waals surface area contributed by atoms with Crippen LogP contribution in [0, 0.1) is 6.92 Å². The van der Waals surface area contributed by atoms with E-state index in [9.17, 15) is 14.7 Å². The van der Waals surface area contributed by atoms with Crippen LogP contribution < -0.4 is 14.4 Å². The van der Waals surface area contributed by atoms with Crippen LogP contribution in [-0.2, 0) is 17.2 Å². The second-order valence-electron chi connectivity index (χ2n) is 11.1. The summed E-state index contributed by atoms with van der Waals surface area (Å²) >= 11 is 2.71. The minimum Gasteiger partial charge on any atom is -0.503 e. The van der Waals surface area contributed by atoms with Crippen LogP contribution in [0.3, 0.4) is 0 Å². The number of aliphatic hydroxyl groups excluding tert-OH is 1. The van der Waals surface area contributed by atoms with Crippen molar-refractivity contribution in [2.24, 2.45) is 0 Å². The molecule has 6 aromatic rings. The number of ketones is 1. The lowest BCUT2D eigenvalue weighted by atomic mass is 9.95. The van der Waals surface area contributed by atoms with Gasteiger partial charge in [-0.2, -0.15) is 0 Å². The van der Waals surface area contributed by atoms with Crippen LogP contribution in [0.2, 0.25) is 0 Å². The zero-order chi connectivity index (χ0) is 33.2. The number of aliphatic hydroxyl groups is 1. The van der Waals surface area contributed by atoms with Crippen LogP contribution >= 0.6 is 23.1 Å². The van der Waals surface area contributed by atoms with Crippen LogP contribution in [0.1, 0.15) is 38.9 Å². The number of furan rings is 1. The van der Waals surface area contributed by atoms with Crippen molar-refractivity contribution in [1.29, 1.82) is 0 Å². The van der Waals surface area contributed by atoms with E-state index in [1.807, 2.05) is 37.3 Å². The fourth-order valence-corrected chi connectivity index (χ4v) is 7.29. The quantitative estimate of drug-likeness (QED) is 0.0823. The Morgan fingerprint density at radius 3 is 2.48 bits per heavy atom. The molecule has 0 saturated heterocycles. The first-order chi connectivity index (χ1) is 23.4. The van der Waals surface area contributed by atoms with E-state index in [1.165, 1.54) is 40.7 Å². The van der Waals surface area contributed by atoms with Gasteiger partial charge in [-0.3, -0.25) is 14.5 Å². The summed E-state index contributed by atoms with van der Waals surface area (Å²) in [6.45, 7) is 2.41. The van der Waals surface area contributed by atoms with E-state index in [2.05, 4.69) is 34.5 Å². The fourth-order valence-electron chi connectivity index (χ4n) is 5.47. The summed E-state index contributed by atoms with van der Waals surface area (Å²) in [5, 5.41) is 20.9. The van der Waals surface area contributed by atoms with E-state index in [1.54, 1.807) is 48.5 Å². The van der Waals surface area contributed by atoms with Crippen LogP contribution in [0.5, 0.6) is 11.5 Å². The second-order valence-corrected chi connectivity index (χ2v) is 13.3. The Hall–Kier alpha value is -5.39. The summed E-state index contributed by atoms with van der Waals surface area (Å²) in [4.78, 5) is 29.3. The molecule has 11 heteroatoms. The summed E-state index contributed by atoms with van der Waals surface area (Å²) in [5.41, 5.74) is 4.16. The number of rotatable bonds is 11. The van der Waals surface area contributed by atoms with Crippen molar-refractivity contribution < 1.29 is 28.6 Å². The van der Waals surface area contributed by atoms with Gasteiger partial charge in [-0.15, -0.1) is 10.2 Å². The van der Waals surface area contributed by atoms with E-state index < -0.39 is 23.5 Å². The molecular weight excluding hydrogens is 647 g/mol. The Labute approximate surface area is 284 Å². The molecule has 3 heterocycles. The molecule has 240 valence electrons. The highest BCUT2D eigenvalue weighted by molar-refractivity contribution is 8.00. The largest absolute Gasteiger partial charge is 0.503 e. The number of fused-ring (bicyclic) bond motifs is 1. The van der Waals surface area contributed by atoms with E-state index in [0.717, 1.165) is 11.1 Å². The van der Waals surface area contributed by atoms with Crippen molar-refractivity contribution >= 4 is 50.9 Å². The summed E-state index contributed by atoms with van der Waals surface area (Å²) in [5.74, 6) is -0.367. The number of carbonyl (C=O) groups is 2. The lowest BCUT2D eigenvalue weighted by Gasteiger charge is -2.24. The van der Waals surface area contributed by atoms with Crippen molar-refractivity contribution in [2.45, 2.75) is 29.7 Å². The molecule has 1 N–H and O–H groups in total. The number of carbonyl (C=O) groups excluding carboxylic acids is 2. The number of ether oxygens (including phenoxy) is 2. The molecule has 48 heavy (non-hydrogen) atoms. The minimum atomic E-state index is -1.01. The number of Topliss-reactive ketones (excluding diaryl/α,β-unsaturated/α-hetero) is 1. The number of nitrogens with zero attached hydrogens (tertiary/aromatic N) is 3. The van der Waals surface area contributed by atoms with Gasteiger partial charge in [0, 0.05) is 11.1 Å². The van der Waals surface area contributed by atoms with Crippen LogP contribution in [0.4, 0.5) is 5.13 Å². The molecule has 0 radical (unpaired) electrons. The van der Waals surface area contributed by atoms with Gasteiger partial charge in [-0.05, 0) is 47.9 Å². The van der Waals surface area contributed by atoms with E-state index in [0.29, 0.717) is 44.7 Å². The number of aromatic nitrogens is 2. The number of amides is 1. The lowest BCUT2D eigenvalue weighted by molar-refractivity contribution is -0.117. The smallest absolute Gasteiger partial charge is 0.296 e. The first kappa shape index (κ1) is 31.2. The van der Waals surface area contributed by atoms with Gasteiger partial charge < -0.3 is 19.0 Å². The Bertz CT molecular complexity index is 2140. The minimum absolute atomic E-state index is 0.0369. The van der Waals surface area contributed by atoms with Gasteiger partial charge in [-0.25, -0.2) is 0 Å². The summed E-state index contributed by atoms with van der Waals surface area (Å²) in [6, 6.07) is 31.0. The van der Waals surface area contributed by atoms with Crippen LogP contribution in [0.15, 0.2) is 123 Å². The second kappa shape index (κ2) is 13.4. The third-order valence-electron chi connectivity index (χ3n) is 7.93. The Balaban J connectivity index is 1.22. The molecule has 1 atom stereocenters. The molecule has 7 rings (SSSR count). The maximum atomic E-state index is 14.2. The average molecular weight is 676 g/mol. The molecule has 1 aliphatic rings. The van der Waals surface area contributed by atoms with Gasteiger partial charge >= 0.3 is 0 Å². The van der Waals surface area contributed by atoms with Gasteiger partial charge in [0.05, 0.1) is 18.7 Å². The molecule has 0 saturated carbocycles. The summed E-state index contributed by atoms with van der Waals surface area (Å²) < 4.78 is 18.0. The van der Waals surface area contributed by atoms with Crippen LogP contribution in [-0.4, -0.2) is 34.1 Å². The topological polar surface area (TPSA) is 115 Å². The van der Waals surface area contributed by atoms with Crippen molar-refractivity contribution in [3.8, 4) is 11.5 Å². The zero-order valence-electron chi connectivity index (χ0n) is 26.0. The first-order valence-electron chi connectivity index (χ1n) is 15.1. The number of hydrogen-bond donors (Lipinski definition) is 1. The van der Waals surface area contributed by atoms with Gasteiger partial charge in [0.2, 0.25) is 10.9 Å². The molecule has 0 aliphatic carbocycles. The average Bonchev–Trinajstić information content (AvgIpc) is 3.84. The number of aryl methyl sites for hydroxylation is 1. The molecule has 1 unspecified atom stereocenters. The molecule has 0 bridgehead atoms. The molecule has 4 aromatic carbocycles. The Morgan fingerprint density at radius 1 is 0.958 bits per heavy atom. The van der Waals surface area contributed by atoms with E-state index in [-0.39, 0.29) is 16.5 Å². The highest BCUT2D eigenvalue weighted by Crippen LogP contribution is 2.45. The first-order valence-corrected chi connectivity index (χ1v) is 16.9. The maximum Gasteiger partial charge on any atom is 0.296 e. The molecule has 2 aromatic heterocycles. The number of para-hydroxylation sites is 1. The molecule has 0 spiro atoms. The number of thioether (sulfide) groups is 1. The molecule has 0 fully saturated rings. The van der Waals surface area contributed by atoms with Gasteiger partial charge in [0.25, 0.3) is 5.91 Å². The lowest BCUT2D eigenvalue weighted by Crippen LogP contribution is -2.31. The van der Waals surface area contributed by atoms with Crippen molar-refractivity contribution in [3.63, 3.8) is 0 Å². The highest BCUT2D eigenvalue weighted by Gasteiger charge is 2.47. The Kier molecular flexibility index (Phi) is 8.70. The predicted molar refractivity (Wildman–Crippen MR) is 185 cm³/mol. The third kappa shape index (κ3) is 6.17. The number of benzene rings is 4. The normalized spacial score (nSPS) is 14.6. The zero-order valence-corrected chi connectivity index (χ0v) is 27.6. The molecular formula is C37H29N3O6S2. The fraction of sp³-hybridized carbons (Fsp3) is 0.135. The van der Waals surface area contributed by atoms with Crippen molar-refractivity contribution in [2.75, 3.05) is 12.0 Å². The number of anilines is 1. The third-order valence-corrected chi connectivity index (χ3v) is 10.1. The number of methoxy groups -OCH3 is 1. The van der Waals surface area contributed by atoms with Crippen molar-refractivity contribution in [1.82, 2.24) is 10.2 Å². The monoisotopic (exact) mass is 675 g/mol. The predicted octanol–water partition coefficient (Wildman–Crippen LogP) is 8.26. The molecule has 1 amide bonds.